The van der Waals surface area contributed by atoms with Gasteiger partial charge < -0.3 is 4.42 Å². The van der Waals surface area contributed by atoms with E-state index in [-0.39, 0.29) is 13.1 Å². The predicted molar refractivity (Wildman–Crippen MR) is 28.6 cm³/mol. The third kappa shape index (κ3) is 0.753. The van der Waals surface area contributed by atoms with E-state index >= 15 is 0 Å². The quantitative estimate of drug-likeness (QED) is 0.512. The summed E-state index contributed by atoms with van der Waals surface area (Å²) in [5.74, 6) is 0.0278. The van der Waals surface area contributed by atoms with Crippen molar-refractivity contribution in [2.45, 2.75) is 6.92 Å². The first-order valence-electron chi connectivity index (χ1n) is 2.21. The maximum atomic E-state index is 10.4. The lowest BCUT2D eigenvalue weighted by molar-refractivity contribution is 0.0981. The van der Waals surface area contributed by atoms with E-state index in [0.717, 1.165) is 0 Å². The van der Waals surface area contributed by atoms with Gasteiger partial charge in [0.25, 0.3) is 5.89 Å². The van der Waals surface area contributed by atoms with Crippen LogP contribution in [0.5, 0.6) is 0 Å². The first-order chi connectivity index (χ1) is 3.80. The van der Waals surface area contributed by atoms with Gasteiger partial charge in [-0.15, -0.1) is 0 Å². The molecule has 8 heavy (non-hydrogen) atoms. The molecule has 0 saturated carbocycles. The van der Waals surface area contributed by atoms with Crippen LogP contribution in [0.3, 0.4) is 0 Å². The Morgan fingerprint density at radius 3 is 3.00 bits per heavy atom. The second-order valence-corrected chi connectivity index (χ2v) is 1.39. The Morgan fingerprint density at radius 2 is 2.75 bits per heavy atom. The fourth-order valence-electron chi connectivity index (χ4n) is 0.397. The molecule has 44 valence electrons. The van der Waals surface area contributed by atoms with E-state index in [4.69, 9.17) is 0 Å². The van der Waals surface area contributed by atoms with E-state index in [9.17, 15) is 4.79 Å². The number of nitrogens with zero attached hydrogens (tertiary/aromatic N) is 1. The lowest BCUT2D eigenvalue weighted by atomic mass is 10.5. The van der Waals surface area contributed by atoms with E-state index in [2.05, 4.69) is 9.40 Å². The van der Waals surface area contributed by atoms with Gasteiger partial charge in [-0.2, -0.15) is 0 Å². The zero-order valence-corrected chi connectivity index (χ0v) is 4.42. The lowest BCUT2D eigenvalue weighted by Crippen LogP contribution is -1.89. The van der Waals surface area contributed by atoms with Gasteiger partial charge in [0.1, 0.15) is 6.26 Å². The Balaban J connectivity index is 0.000000640. The first-order valence-corrected chi connectivity index (χ1v) is 2.21. The van der Waals surface area contributed by atoms with Crippen molar-refractivity contribution in [3.63, 3.8) is 0 Å². The Labute approximate surface area is 47.8 Å². The van der Waals surface area contributed by atoms with Gasteiger partial charge in [-0.05, 0) is 0 Å². The highest BCUT2D eigenvalue weighted by Crippen LogP contribution is 1.93. The second-order valence-electron chi connectivity index (χ2n) is 1.39. The van der Waals surface area contributed by atoms with Crippen LogP contribution in [0.25, 0.3) is 0 Å². The Hall–Kier alpha value is -1.12. The van der Waals surface area contributed by atoms with Crippen molar-refractivity contribution in [3.8, 4) is 0 Å². The summed E-state index contributed by atoms with van der Waals surface area (Å²) in [6.07, 6.45) is 2.81. The zero-order chi connectivity index (χ0) is 5.98. The Bertz CT molecular complexity index is 183. The molecule has 1 aromatic heterocycles. The minimum atomic E-state index is -0.144. The van der Waals surface area contributed by atoms with Crippen LogP contribution in [-0.4, -0.2) is 10.8 Å². The van der Waals surface area contributed by atoms with Crippen molar-refractivity contribution < 1.29 is 10.6 Å². The molecule has 0 bridgehead atoms. The number of ketones is 1. The summed E-state index contributed by atoms with van der Waals surface area (Å²) in [5.41, 5.74) is 0. The molecule has 3 nitrogen and oxygen atoms in total. The van der Waals surface area contributed by atoms with Gasteiger partial charge in [-0.25, -0.2) is 4.98 Å². The van der Waals surface area contributed by atoms with Crippen molar-refractivity contribution in [1.29, 1.82) is 0 Å². The average molecular weight is 113 g/mol. The molecule has 0 fully saturated rings. The first kappa shape index (κ1) is 5.03. The molecule has 1 rings (SSSR count). The summed E-state index contributed by atoms with van der Waals surface area (Å²) in [5, 5.41) is 0. The van der Waals surface area contributed by atoms with Crippen molar-refractivity contribution in [2.75, 3.05) is 0 Å². The largest absolute Gasteiger partial charge is 0.442 e. The van der Waals surface area contributed by atoms with Gasteiger partial charge in [0.2, 0.25) is 5.78 Å². The predicted octanol–water partition coefficient (Wildman–Crippen LogP) is 1.12. The molecule has 0 aromatic carbocycles. The molecule has 0 N–H and O–H groups in total. The molecular weight excluding hydrogens is 106 g/mol. The van der Waals surface area contributed by atoms with E-state index in [1.165, 1.54) is 19.4 Å². The van der Waals surface area contributed by atoms with Crippen LogP contribution >= 0.6 is 0 Å². The van der Waals surface area contributed by atoms with Gasteiger partial charge in [0, 0.05) is 8.35 Å². The lowest BCUT2D eigenvalue weighted by Gasteiger charge is -1.78. The van der Waals surface area contributed by atoms with E-state index in [0.29, 0.717) is 0 Å². The van der Waals surface area contributed by atoms with Gasteiger partial charge >= 0.3 is 0 Å². The fourth-order valence-corrected chi connectivity index (χ4v) is 0.397. The molecule has 0 radical (unpaired) electrons. The Morgan fingerprint density at radius 1 is 2.00 bits per heavy atom. The molecular formula is C5H7NO2. The molecule has 0 aliphatic heterocycles. The topological polar surface area (TPSA) is 43.1 Å². The number of hydrogen-bond acceptors (Lipinski definition) is 3. The molecule has 0 aliphatic carbocycles. The van der Waals surface area contributed by atoms with Gasteiger partial charge in [0.15, 0.2) is 0 Å². The normalized spacial score (nSPS) is 9.12. The molecule has 0 saturated heterocycles. The van der Waals surface area contributed by atoms with Crippen molar-refractivity contribution >= 4 is 5.78 Å². The molecule has 1 heterocycles. The number of Topliss-reactive ketones (excluding diaryl/α,β-unsaturated/α-hetero) is 1. The summed E-state index contributed by atoms with van der Waals surface area (Å²) < 4.78 is 4.63. The van der Waals surface area contributed by atoms with Gasteiger partial charge in [-0.3, -0.25) is 4.79 Å². The number of rotatable bonds is 1. The summed E-state index contributed by atoms with van der Waals surface area (Å²) in [7, 11) is 0. The van der Waals surface area contributed by atoms with Crippen LogP contribution in [-0.2, 0) is 0 Å². The summed E-state index contributed by atoms with van der Waals surface area (Å²) in [6.45, 7) is 1.41. The van der Waals surface area contributed by atoms with Crippen LogP contribution in [0.2, 0.25) is 0 Å². The summed E-state index contributed by atoms with van der Waals surface area (Å²) >= 11 is 0. The van der Waals surface area contributed by atoms with Crippen LogP contribution in [0.1, 0.15) is 19.0 Å². The van der Waals surface area contributed by atoms with Crippen LogP contribution in [0.4, 0.5) is 0 Å². The standard InChI is InChI=1S/C5H5NO2.H2/c1-4(7)5-6-2-3-8-5;/h2-3H,1H3;1H. The smallest absolute Gasteiger partial charge is 0.262 e. The van der Waals surface area contributed by atoms with Crippen molar-refractivity contribution in [2.24, 2.45) is 0 Å². The highest BCUT2D eigenvalue weighted by atomic mass is 16.3. The number of carbonyl (C=O) groups is 1. The maximum absolute atomic E-state index is 10.4. The molecule has 0 amide bonds. The summed E-state index contributed by atoms with van der Waals surface area (Å²) in [4.78, 5) is 13.9. The van der Waals surface area contributed by atoms with E-state index in [1.807, 2.05) is 0 Å². The van der Waals surface area contributed by atoms with Gasteiger partial charge in [0.05, 0.1) is 6.20 Å². The van der Waals surface area contributed by atoms with Crippen molar-refractivity contribution in [1.82, 2.24) is 4.98 Å². The van der Waals surface area contributed by atoms with Crippen LogP contribution < -0.4 is 0 Å². The third-order valence-corrected chi connectivity index (χ3v) is 0.733. The van der Waals surface area contributed by atoms with Gasteiger partial charge in [-0.1, -0.05) is 0 Å². The highest BCUT2D eigenvalue weighted by molar-refractivity contribution is 5.89. The minimum absolute atomic E-state index is 0. The van der Waals surface area contributed by atoms with Crippen molar-refractivity contribution in [3.05, 3.63) is 18.4 Å². The monoisotopic (exact) mass is 113 g/mol. The molecule has 1 aromatic rings. The molecule has 0 aliphatic rings. The van der Waals surface area contributed by atoms with Crippen LogP contribution in [0, 0.1) is 0 Å². The number of oxazole rings is 1. The zero-order valence-electron chi connectivity index (χ0n) is 4.42. The maximum Gasteiger partial charge on any atom is 0.262 e. The van der Waals surface area contributed by atoms with E-state index in [1.54, 1.807) is 0 Å². The number of carbonyl (C=O) groups excluding carboxylic acids is 1. The van der Waals surface area contributed by atoms with E-state index < -0.39 is 0 Å². The number of aromatic nitrogens is 1. The SMILES string of the molecule is CC(=O)c1ncco1.[HH]. The fraction of sp³-hybridized carbons (Fsp3) is 0.200. The Kier molecular flexibility index (Phi) is 1.12. The average Bonchev–Trinajstić information content (AvgIpc) is 2.12. The highest BCUT2D eigenvalue weighted by Gasteiger charge is 2.00. The number of hydrogen-bond donors (Lipinski definition) is 0. The summed E-state index contributed by atoms with van der Waals surface area (Å²) in [6, 6.07) is 0. The molecule has 3 heteroatoms. The second kappa shape index (κ2) is 1.78. The molecule has 0 atom stereocenters. The minimum Gasteiger partial charge on any atom is -0.442 e. The third-order valence-electron chi connectivity index (χ3n) is 0.733. The van der Waals surface area contributed by atoms with Crippen LogP contribution in [0.15, 0.2) is 16.9 Å². The molecule has 0 unspecified atom stereocenters. The molecule has 0 spiro atoms.